The first kappa shape index (κ1) is 23.5. The number of ether oxygens (including phenoxy) is 1. The first-order valence-electron chi connectivity index (χ1n) is 9.79. The van der Waals surface area contributed by atoms with Gasteiger partial charge in [-0.1, -0.05) is 59.3 Å². The lowest BCUT2D eigenvalue weighted by atomic mass is 9.82. The molecule has 1 atom stereocenters. The minimum atomic E-state index is -0.704. The molecule has 0 aromatic heterocycles. The Balaban J connectivity index is 1.90. The quantitative estimate of drug-likeness (QED) is 0.588. The van der Waals surface area contributed by atoms with Crippen molar-refractivity contribution in [2.24, 2.45) is 0 Å². The van der Waals surface area contributed by atoms with Crippen LogP contribution >= 0.6 is 23.4 Å². The van der Waals surface area contributed by atoms with Gasteiger partial charge in [-0.2, -0.15) is 5.26 Å². The second-order valence-electron chi connectivity index (χ2n) is 7.17. The summed E-state index contributed by atoms with van der Waals surface area (Å²) in [5, 5.41) is 16.9. The van der Waals surface area contributed by atoms with Crippen LogP contribution in [0.1, 0.15) is 24.0 Å². The minimum absolute atomic E-state index is 0.0808. The molecule has 8 heteroatoms. The van der Waals surface area contributed by atoms with Crippen molar-refractivity contribution < 1.29 is 14.3 Å². The van der Waals surface area contributed by atoms with Gasteiger partial charge >= 0.3 is 5.97 Å². The second kappa shape index (κ2) is 10.4. The van der Waals surface area contributed by atoms with Gasteiger partial charge in [0.2, 0.25) is 5.91 Å². The van der Waals surface area contributed by atoms with Crippen molar-refractivity contribution in [1.82, 2.24) is 5.32 Å². The van der Waals surface area contributed by atoms with Crippen molar-refractivity contribution in [1.29, 1.82) is 5.26 Å². The van der Waals surface area contributed by atoms with Gasteiger partial charge in [0.1, 0.15) is 0 Å². The minimum Gasteiger partial charge on any atom is -0.466 e. The predicted molar refractivity (Wildman–Crippen MR) is 127 cm³/mol. The lowest BCUT2D eigenvalue weighted by Crippen LogP contribution is -2.29. The summed E-state index contributed by atoms with van der Waals surface area (Å²) in [4.78, 5) is 25.0. The zero-order valence-corrected chi connectivity index (χ0v) is 19.4. The van der Waals surface area contributed by atoms with Gasteiger partial charge < -0.3 is 15.4 Å². The number of nitriles is 1. The number of hydrogen-bond donors (Lipinski definition) is 2. The van der Waals surface area contributed by atoms with E-state index >= 15 is 0 Å². The molecule has 6 nitrogen and oxygen atoms in total. The van der Waals surface area contributed by atoms with Gasteiger partial charge in [-0.25, -0.2) is 4.79 Å². The van der Waals surface area contributed by atoms with Crippen LogP contribution in [0.5, 0.6) is 0 Å². The smallest absolute Gasteiger partial charge is 0.336 e. The third-order valence-corrected chi connectivity index (χ3v) is 6.31. The molecule has 0 saturated heterocycles. The number of rotatable bonds is 6. The van der Waals surface area contributed by atoms with E-state index in [4.69, 9.17) is 16.3 Å². The molecule has 2 aromatic rings. The van der Waals surface area contributed by atoms with Gasteiger partial charge in [0.05, 0.1) is 41.0 Å². The van der Waals surface area contributed by atoms with E-state index < -0.39 is 11.9 Å². The van der Waals surface area contributed by atoms with Crippen molar-refractivity contribution in [3.8, 4) is 6.07 Å². The summed E-state index contributed by atoms with van der Waals surface area (Å²) in [5.41, 5.74) is 3.58. The molecule has 32 heavy (non-hydrogen) atoms. The molecule has 0 bridgehead atoms. The van der Waals surface area contributed by atoms with Gasteiger partial charge in [-0.3, -0.25) is 4.79 Å². The number of nitrogens with one attached hydrogen (secondary N) is 2. The van der Waals surface area contributed by atoms with E-state index in [0.29, 0.717) is 38.1 Å². The van der Waals surface area contributed by atoms with Crippen molar-refractivity contribution in [2.75, 3.05) is 18.2 Å². The number of hydrogen-bond acceptors (Lipinski definition) is 6. The van der Waals surface area contributed by atoms with E-state index in [9.17, 15) is 14.9 Å². The first-order chi connectivity index (χ1) is 15.3. The number of dihydropyridines is 1. The Bertz CT molecular complexity index is 1150. The Kier molecular flexibility index (Phi) is 7.62. The summed E-state index contributed by atoms with van der Waals surface area (Å²) in [6.07, 6.45) is 0. The number of allylic oxidation sites excluding steroid dienone is 2. The average Bonchev–Trinajstić information content (AvgIpc) is 2.78. The number of nitrogens with zero attached hydrogens (tertiary/aromatic N) is 1. The van der Waals surface area contributed by atoms with E-state index in [0.717, 1.165) is 5.56 Å². The van der Waals surface area contributed by atoms with Crippen LogP contribution in [-0.4, -0.2) is 24.7 Å². The van der Waals surface area contributed by atoms with Crippen LogP contribution in [0.25, 0.3) is 0 Å². The van der Waals surface area contributed by atoms with E-state index in [2.05, 4.69) is 16.7 Å². The molecule has 1 aliphatic heterocycles. The largest absolute Gasteiger partial charge is 0.466 e. The van der Waals surface area contributed by atoms with Crippen LogP contribution in [0.4, 0.5) is 5.69 Å². The number of halogens is 1. The predicted octanol–water partition coefficient (Wildman–Crippen LogP) is 4.89. The maximum absolute atomic E-state index is 12.6. The number of esters is 1. The van der Waals surface area contributed by atoms with Crippen molar-refractivity contribution in [3.05, 3.63) is 86.6 Å². The van der Waals surface area contributed by atoms with Crippen molar-refractivity contribution >= 4 is 40.9 Å². The topological polar surface area (TPSA) is 91.2 Å². The van der Waals surface area contributed by atoms with Gasteiger partial charge in [-0.15, -0.1) is 0 Å². The van der Waals surface area contributed by atoms with Crippen LogP contribution in [0.2, 0.25) is 5.02 Å². The Labute approximate surface area is 196 Å². The maximum Gasteiger partial charge on any atom is 0.336 e. The van der Waals surface area contributed by atoms with Gasteiger partial charge in [0, 0.05) is 16.4 Å². The summed E-state index contributed by atoms with van der Waals surface area (Å²) in [6, 6.07) is 16.8. The molecule has 2 N–H and O–H groups in total. The Morgan fingerprint density at radius 1 is 1.19 bits per heavy atom. The van der Waals surface area contributed by atoms with Crippen LogP contribution in [0, 0.1) is 18.3 Å². The fourth-order valence-corrected chi connectivity index (χ4v) is 4.54. The summed E-state index contributed by atoms with van der Waals surface area (Å²) in [6.45, 7) is 3.71. The van der Waals surface area contributed by atoms with Gasteiger partial charge in [-0.05, 0) is 37.6 Å². The fourth-order valence-electron chi connectivity index (χ4n) is 3.40. The molecule has 3 rings (SSSR count). The van der Waals surface area contributed by atoms with E-state index in [1.807, 2.05) is 31.2 Å². The maximum atomic E-state index is 12.6. The molecule has 1 amide bonds. The highest BCUT2D eigenvalue weighted by Gasteiger charge is 2.36. The number of benzene rings is 2. The van der Waals surface area contributed by atoms with Gasteiger partial charge in [0.15, 0.2) is 0 Å². The molecule has 0 spiro atoms. The lowest BCUT2D eigenvalue weighted by molar-refractivity contribution is -0.136. The SMILES string of the molecule is COC(=O)C1=C(C)NC(SCC(=O)Nc2ccc(C)cc2)=C(C#N)C1c1ccccc1Cl. The number of carbonyl (C=O) groups excluding carboxylic acids is 2. The molecule has 164 valence electrons. The Morgan fingerprint density at radius 3 is 2.50 bits per heavy atom. The highest BCUT2D eigenvalue weighted by atomic mass is 35.5. The monoisotopic (exact) mass is 467 g/mol. The zero-order valence-electron chi connectivity index (χ0n) is 17.9. The van der Waals surface area contributed by atoms with Gasteiger partial charge in [0.25, 0.3) is 0 Å². The van der Waals surface area contributed by atoms with E-state index in [1.54, 1.807) is 31.2 Å². The van der Waals surface area contributed by atoms with Crippen LogP contribution in [0.15, 0.2) is 70.4 Å². The standard InChI is InChI=1S/C24H22ClN3O3S/c1-14-8-10-16(11-9-14)28-20(29)13-32-23-18(12-26)22(17-6-4-5-7-19(17)25)21(15(2)27-23)24(30)31-3/h4-11,22,27H,13H2,1-3H3,(H,28,29). The number of thioether (sulfide) groups is 1. The van der Waals surface area contributed by atoms with Crippen LogP contribution in [-0.2, 0) is 14.3 Å². The number of methoxy groups -OCH3 is 1. The van der Waals surface area contributed by atoms with E-state index in [-0.39, 0.29) is 11.7 Å². The Morgan fingerprint density at radius 2 is 1.88 bits per heavy atom. The number of anilines is 1. The third kappa shape index (κ3) is 5.16. The average molecular weight is 468 g/mol. The lowest BCUT2D eigenvalue weighted by Gasteiger charge is -2.29. The molecule has 1 unspecified atom stereocenters. The highest BCUT2D eigenvalue weighted by Crippen LogP contribution is 2.43. The first-order valence-corrected chi connectivity index (χ1v) is 11.2. The fraction of sp³-hybridized carbons (Fsp3) is 0.208. The number of aryl methyl sites for hydroxylation is 1. The van der Waals surface area contributed by atoms with Crippen LogP contribution < -0.4 is 10.6 Å². The highest BCUT2D eigenvalue weighted by molar-refractivity contribution is 8.03. The molecule has 0 fully saturated rings. The summed E-state index contributed by atoms with van der Waals surface area (Å²) in [7, 11) is 1.29. The molecule has 0 saturated carbocycles. The summed E-state index contributed by atoms with van der Waals surface area (Å²) in [5.74, 6) is -1.38. The Hall–Kier alpha value is -3.21. The second-order valence-corrected chi connectivity index (χ2v) is 8.56. The van der Waals surface area contributed by atoms with Crippen molar-refractivity contribution in [3.63, 3.8) is 0 Å². The molecule has 2 aromatic carbocycles. The summed E-state index contributed by atoms with van der Waals surface area (Å²) >= 11 is 7.61. The van der Waals surface area contributed by atoms with E-state index in [1.165, 1.54) is 18.9 Å². The molecule has 1 heterocycles. The zero-order chi connectivity index (χ0) is 23.3. The molecule has 1 aliphatic rings. The number of carbonyl (C=O) groups is 2. The normalized spacial score (nSPS) is 15.7. The molecule has 0 aliphatic carbocycles. The molecular formula is C24H22ClN3O3S. The number of amides is 1. The summed E-state index contributed by atoms with van der Waals surface area (Å²) < 4.78 is 4.97. The molecular weight excluding hydrogens is 446 g/mol. The van der Waals surface area contributed by atoms with Crippen molar-refractivity contribution in [2.45, 2.75) is 19.8 Å². The van der Waals surface area contributed by atoms with Crippen LogP contribution in [0.3, 0.4) is 0 Å². The molecule has 0 radical (unpaired) electrons. The third-order valence-electron chi connectivity index (χ3n) is 4.95.